The molecule has 3 aromatic carbocycles. The van der Waals surface area contributed by atoms with E-state index in [1.807, 2.05) is 25.1 Å². The molecule has 0 aromatic heterocycles. The molecule has 3 aromatic rings. The number of aliphatic hydroxyl groups excluding tert-OH is 1. The van der Waals surface area contributed by atoms with Crippen LogP contribution in [0.4, 0.5) is 0 Å². The van der Waals surface area contributed by atoms with Crippen molar-refractivity contribution in [3.8, 4) is 22.3 Å². The topological polar surface area (TPSA) is 20.2 Å². The van der Waals surface area contributed by atoms with Crippen molar-refractivity contribution in [2.24, 2.45) is 0 Å². The molecule has 1 aliphatic carbocycles. The summed E-state index contributed by atoms with van der Waals surface area (Å²) in [6, 6.07) is 23.3. The minimum atomic E-state index is -0.462. The van der Waals surface area contributed by atoms with Gasteiger partial charge in [0, 0.05) is 0 Å². The van der Waals surface area contributed by atoms with Gasteiger partial charge in [0.15, 0.2) is 0 Å². The predicted molar refractivity (Wildman–Crippen MR) is 90.8 cm³/mol. The normalized spacial score (nSPS) is 13.5. The molecule has 0 radical (unpaired) electrons. The van der Waals surface area contributed by atoms with Gasteiger partial charge in [-0.15, -0.1) is 0 Å². The number of hydrogen-bond donors (Lipinski definition) is 1. The molecule has 1 aliphatic rings. The zero-order valence-corrected chi connectivity index (χ0v) is 12.6. The summed E-state index contributed by atoms with van der Waals surface area (Å²) in [5.74, 6) is 0. The molecule has 22 heavy (non-hydrogen) atoms. The second-order valence-corrected chi connectivity index (χ2v) is 5.93. The molecule has 108 valence electrons. The summed E-state index contributed by atoms with van der Waals surface area (Å²) in [5.41, 5.74) is 8.80. The molecule has 1 atom stereocenters. The largest absolute Gasteiger partial charge is 0.389 e. The van der Waals surface area contributed by atoms with Crippen molar-refractivity contribution in [2.45, 2.75) is 19.4 Å². The second kappa shape index (κ2) is 5.11. The molecular weight excluding hydrogens is 268 g/mol. The highest BCUT2D eigenvalue weighted by Gasteiger charge is 2.22. The molecule has 0 saturated heterocycles. The molecule has 0 aliphatic heterocycles. The number of benzene rings is 3. The first-order valence-corrected chi connectivity index (χ1v) is 7.73. The van der Waals surface area contributed by atoms with Gasteiger partial charge < -0.3 is 5.11 Å². The summed E-state index contributed by atoms with van der Waals surface area (Å²) in [6.45, 7) is 1.83. The van der Waals surface area contributed by atoms with Gasteiger partial charge in [-0.05, 0) is 52.3 Å². The SMILES string of the molecule is CC(O)c1ccccc1-c1cccc2c1Cc1ccccc1-2. The van der Waals surface area contributed by atoms with Crippen LogP contribution in [-0.2, 0) is 6.42 Å². The standard InChI is InChI=1S/C21H18O/c1-14(22)16-8-4-5-10-18(16)20-12-6-11-19-17-9-3-2-7-15(17)13-21(19)20/h2-12,14,22H,13H2,1H3. The Kier molecular flexibility index (Phi) is 3.09. The van der Waals surface area contributed by atoms with Crippen LogP contribution in [0.25, 0.3) is 22.3 Å². The molecule has 0 heterocycles. The molecule has 0 spiro atoms. The first-order chi connectivity index (χ1) is 10.8. The Morgan fingerprint density at radius 3 is 2.09 bits per heavy atom. The molecule has 0 saturated carbocycles. The van der Waals surface area contributed by atoms with E-state index in [1.54, 1.807) is 0 Å². The Morgan fingerprint density at radius 1 is 0.727 bits per heavy atom. The van der Waals surface area contributed by atoms with E-state index >= 15 is 0 Å². The summed E-state index contributed by atoms with van der Waals surface area (Å²) in [5, 5.41) is 10.1. The van der Waals surface area contributed by atoms with Gasteiger partial charge in [-0.3, -0.25) is 0 Å². The van der Waals surface area contributed by atoms with Crippen molar-refractivity contribution >= 4 is 0 Å². The Bertz CT molecular complexity index is 846. The highest BCUT2D eigenvalue weighted by atomic mass is 16.3. The van der Waals surface area contributed by atoms with Gasteiger partial charge in [-0.25, -0.2) is 0 Å². The maximum absolute atomic E-state index is 10.1. The van der Waals surface area contributed by atoms with Crippen LogP contribution in [0.2, 0.25) is 0 Å². The third-order valence-electron chi connectivity index (χ3n) is 4.55. The molecule has 1 heteroatoms. The quantitative estimate of drug-likeness (QED) is 0.551. The summed E-state index contributed by atoms with van der Waals surface area (Å²) in [6.07, 6.45) is 0.506. The van der Waals surface area contributed by atoms with Crippen LogP contribution >= 0.6 is 0 Å². The highest BCUT2D eigenvalue weighted by molar-refractivity contribution is 5.85. The number of rotatable bonds is 2. The van der Waals surface area contributed by atoms with E-state index in [4.69, 9.17) is 0 Å². The smallest absolute Gasteiger partial charge is 0.0767 e. The lowest BCUT2D eigenvalue weighted by Gasteiger charge is -2.15. The monoisotopic (exact) mass is 286 g/mol. The Hall–Kier alpha value is -2.38. The van der Waals surface area contributed by atoms with Gasteiger partial charge >= 0.3 is 0 Å². The van der Waals surface area contributed by atoms with E-state index in [0.717, 1.165) is 17.5 Å². The van der Waals surface area contributed by atoms with Crippen LogP contribution < -0.4 is 0 Å². The van der Waals surface area contributed by atoms with E-state index in [-0.39, 0.29) is 0 Å². The van der Waals surface area contributed by atoms with Crippen molar-refractivity contribution in [3.63, 3.8) is 0 Å². The van der Waals surface area contributed by atoms with Crippen LogP contribution in [0.1, 0.15) is 29.7 Å². The molecular formula is C21H18O. The Labute approximate surface area is 130 Å². The molecule has 4 rings (SSSR count). The van der Waals surface area contributed by atoms with Crippen LogP contribution in [-0.4, -0.2) is 5.11 Å². The summed E-state index contributed by atoms with van der Waals surface area (Å²) in [4.78, 5) is 0. The minimum absolute atomic E-state index is 0.462. The fourth-order valence-corrected chi connectivity index (χ4v) is 3.52. The van der Waals surface area contributed by atoms with E-state index < -0.39 is 6.10 Å². The number of fused-ring (bicyclic) bond motifs is 3. The average molecular weight is 286 g/mol. The van der Waals surface area contributed by atoms with Crippen LogP contribution in [0.5, 0.6) is 0 Å². The van der Waals surface area contributed by atoms with Crippen LogP contribution in [0, 0.1) is 0 Å². The molecule has 1 N–H and O–H groups in total. The second-order valence-electron chi connectivity index (χ2n) is 5.93. The number of hydrogen-bond acceptors (Lipinski definition) is 1. The van der Waals surface area contributed by atoms with Crippen LogP contribution in [0.3, 0.4) is 0 Å². The zero-order valence-electron chi connectivity index (χ0n) is 12.6. The molecule has 1 unspecified atom stereocenters. The molecule has 0 bridgehead atoms. The summed E-state index contributed by atoms with van der Waals surface area (Å²) < 4.78 is 0. The Balaban J connectivity index is 1.94. The van der Waals surface area contributed by atoms with Gasteiger partial charge in [-0.1, -0.05) is 66.7 Å². The number of aliphatic hydroxyl groups is 1. The summed E-state index contributed by atoms with van der Waals surface area (Å²) in [7, 11) is 0. The highest BCUT2D eigenvalue weighted by Crippen LogP contribution is 2.42. The fraction of sp³-hybridized carbons (Fsp3) is 0.143. The molecule has 1 nitrogen and oxygen atoms in total. The molecule has 0 fully saturated rings. The van der Waals surface area contributed by atoms with E-state index in [0.29, 0.717) is 0 Å². The lowest BCUT2D eigenvalue weighted by Crippen LogP contribution is -1.97. The van der Waals surface area contributed by atoms with E-state index in [9.17, 15) is 5.11 Å². The van der Waals surface area contributed by atoms with Gasteiger partial charge in [-0.2, -0.15) is 0 Å². The maximum atomic E-state index is 10.1. The lowest BCUT2D eigenvalue weighted by atomic mass is 9.91. The summed E-state index contributed by atoms with van der Waals surface area (Å²) >= 11 is 0. The van der Waals surface area contributed by atoms with Gasteiger partial charge in [0.05, 0.1) is 6.10 Å². The van der Waals surface area contributed by atoms with Gasteiger partial charge in [0.2, 0.25) is 0 Å². The third kappa shape index (κ3) is 1.98. The molecule has 0 amide bonds. The van der Waals surface area contributed by atoms with Gasteiger partial charge in [0.25, 0.3) is 0 Å². The van der Waals surface area contributed by atoms with Crippen molar-refractivity contribution < 1.29 is 5.11 Å². The van der Waals surface area contributed by atoms with Crippen molar-refractivity contribution in [1.82, 2.24) is 0 Å². The Morgan fingerprint density at radius 2 is 1.32 bits per heavy atom. The van der Waals surface area contributed by atoms with Gasteiger partial charge in [0.1, 0.15) is 0 Å². The predicted octanol–water partition coefficient (Wildman–Crippen LogP) is 4.98. The van der Waals surface area contributed by atoms with Crippen molar-refractivity contribution in [1.29, 1.82) is 0 Å². The fourth-order valence-electron chi connectivity index (χ4n) is 3.52. The van der Waals surface area contributed by atoms with Crippen molar-refractivity contribution in [2.75, 3.05) is 0 Å². The lowest BCUT2D eigenvalue weighted by molar-refractivity contribution is 0.200. The first-order valence-electron chi connectivity index (χ1n) is 7.73. The minimum Gasteiger partial charge on any atom is -0.389 e. The van der Waals surface area contributed by atoms with E-state index in [1.165, 1.54) is 27.8 Å². The van der Waals surface area contributed by atoms with E-state index in [2.05, 4.69) is 48.5 Å². The first kappa shape index (κ1) is 13.3. The zero-order chi connectivity index (χ0) is 15.1. The van der Waals surface area contributed by atoms with Crippen molar-refractivity contribution in [3.05, 3.63) is 83.4 Å². The van der Waals surface area contributed by atoms with Crippen LogP contribution in [0.15, 0.2) is 66.7 Å². The average Bonchev–Trinajstić information content (AvgIpc) is 2.93. The third-order valence-corrected chi connectivity index (χ3v) is 4.55. The maximum Gasteiger partial charge on any atom is 0.0767 e.